The summed E-state index contributed by atoms with van der Waals surface area (Å²) in [6.45, 7) is 9.41. The molecule has 0 bridgehead atoms. The number of hydrogen-bond acceptors (Lipinski definition) is 3. The minimum absolute atomic E-state index is 0.0162. The monoisotopic (exact) mass is 318 g/mol. The molecule has 1 aliphatic heterocycles. The summed E-state index contributed by atoms with van der Waals surface area (Å²) in [5.41, 5.74) is 2.46. The second-order valence-electron chi connectivity index (χ2n) is 6.75. The van der Waals surface area contributed by atoms with Gasteiger partial charge in [-0.15, -0.1) is 0 Å². The van der Waals surface area contributed by atoms with Crippen molar-refractivity contribution in [2.45, 2.75) is 78.0 Å². The number of hydrogen-bond donors (Lipinski definition) is 2. The molecule has 5 nitrogen and oxygen atoms in total. The molecule has 0 spiro atoms. The summed E-state index contributed by atoms with van der Waals surface area (Å²) in [7, 11) is 0. The lowest BCUT2D eigenvalue weighted by Crippen LogP contribution is -2.50. The van der Waals surface area contributed by atoms with Crippen LogP contribution in [0.5, 0.6) is 0 Å². The third-order valence-corrected chi connectivity index (χ3v) is 4.39. The highest BCUT2D eigenvalue weighted by atomic mass is 16.1. The van der Waals surface area contributed by atoms with Crippen molar-refractivity contribution >= 4 is 5.91 Å². The first-order valence-electron chi connectivity index (χ1n) is 8.70. The van der Waals surface area contributed by atoms with Crippen molar-refractivity contribution in [1.29, 1.82) is 0 Å². The lowest BCUT2D eigenvalue weighted by Gasteiger charge is -2.34. The van der Waals surface area contributed by atoms with Crippen LogP contribution in [0.4, 0.5) is 0 Å². The van der Waals surface area contributed by atoms with Gasteiger partial charge in [0.1, 0.15) is 0 Å². The van der Waals surface area contributed by atoms with Crippen molar-refractivity contribution in [3.05, 3.63) is 29.6 Å². The maximum atomic E-state index is 11.8. The van der Waals surface area contributed by atoms with Crippen LogP contribution in [-0.4, -0.2) is 27.8 Å². The molecule has 128 valence electrons. The minimum Gasteiger partial charge on any atom is -0.348 e. The second-order valence-corrected chi connectivity index (χ2v) is 6.75. The number of amides is 1. The highest BCUT2D eigenvalue weighted by Gasteiger charge is 2.31. The number of rotatable bonds is 7. The summed E-state index contributed by atoms with van der Waals surface area (Å²) < 4.78 is 1.91. The average Bonchev–Trinajstić information content (AvgIpc) is 2.97. The molecule has 0 saturated carbocycles. The molecule has 1 aromatic rings. The lowest BCUT2D eigenvalue weighted by molar-refractivity contribution is -0.124. The summed E-state index contributed by atoms with van der Waals surface area (Å²) in [5, 5.41) is 11.2. The molecule has 0 aliphatic carbocycles. The van der Waals surface area contributed by atoms with Crippen LogP contribution in [0.25, 0.3) is 0 Å². The molecule has 2 heterocycles. The van der Waals surface area contributed by atoms with Crippen LogP contribution in [0.2, 0.25) is 0 Å². The Bertz CT molecular complexity index is 545. The molecule has 1 aliphatic rings. The van der Waals surface area contributed by atoms with Crippen molar-refractivity contribution in [3.8, 4) is 0 Å². The van der Waals surface area contributed by atoms with Crippen molar-refractivity contribution < 1.29 is 4.79 Å². The largest absolute Gasteiger partial charge is 0.348 e. The first kappa shape index (κ1) is 17.7. The Balaban J connectivity index is 1.99. The van der Waals surface area contributed by atoms with E-state index in [9.17, 15) is 4.79 Å². The van der Waals surface area contributed by atoms with Crippen molar-refractivity contribution in [2.24, 2.45) is 0 Å². The molecule has 1 saturated heterocycles. The quantitative estimate of drug-likeness (QED) is 0.760. The van der Waals surface area contributed by atoms with Gasteiger partial charge < -0.3 is 10.6 Å². The summed E-state index contributed by atoms with van der Waals surface area (Å²) >= 11 is 0. The predicted octanol–water partition coefficient (Wildman–Crippen LogP) is 2.95. The van der Waals surface area contributed by atoms with Crippen LogP contribution in [0.15, 0.2) is 24.0 Å². The van der Waals surface area contributed by atoms with Crippen LogP contribution in [0.3, 0.4) is 0 Å². The summed E-state index contributed by atoms with van der Waals surface area (Å²) in [6, 6.07) is 0.709. The van der Waals surface area contributed by atoms with Gasteiger partial charge in [0.25, 0.3) is 0 Å². The van der Waals surface area contributed by atoms with Gasteiger partial charge >= 0.3 is 0 Å². The topological polar surface area (TPSA) is 59.0 Å². The van der Waals surface area contributed by atoms with E-state index in [1.54, 1.807) is 0 Å². The highest BCUT2D eigenvalue weighted by Crippen LogP contribution is 2.24. The fourth-order valence-corrected chi connectivity index (χ4v) is 3.08. The number of allylic oxidation sites excluding steroid dienone is 2. The smallest absolute Gasteiger partial charge is 0.220 e. The van der Waals surface area contributed by atoms with Gasteiger partial charge in [-0.2, -0.15) is 5.10 Å². The van der Waals surface area contributed by atoms with E-state index in [0.717, 1.165) is 31.4 Å². The van der Waals surface area contributed by atoms with Gasteiger partial charge in [0, 0.05) is 36.8 Å². The van der Waals surface area contributed by atoms with Crippen molar-refractivity contribution in [3.63, 3.8) is 0 Å². The van der Waals surface area contributed by atoms with Crippen molar-refractivity contribution in [1.82, 2.24) is 20.4 Å². The van der Waals surface area contributed by atoms with E-state index < -0.39 is 0 Å². The van der Waals surface area contributed by atoms with Gasteiger partial charge in [0.15, 0.2) is 0 Å². The molecule has 3 atom stereocenters. The molecule has 0 aromatic carbocycles. The summed E-state index contributed by atoms with van der Waals surface area (Å²) in [4.78, 5) is 11.8. The number of carbonyl (C=O) groups is 1. The number of nitrogens with zero attached hydrogens (tertiary/aromatic N) is 2. The first-order valence-corrected chi connectivity index (χ1v) is 8.70. The first-order chi connectivity index (χ1) is 11.0. The molecular formula is C18H30N4O. The lowest BCUT2D eigenvalue weighted by atomic mass is 9.92. The van der Waals surface area contributed by atoms with E-state index in [0.29, 0.717) is 12.5 Å². The van der Waals surface area contributed by atoms with E-state index in [1.807, 2.05) is 17.1 Å². The molecule has 1 unspecified atom stereocenters. The Morgan fingerprint density at radius 3 is 3.00 bits per heavy atom. The Hall–Kier alpha value is -1.62. The maximum Gasteiger partial charge on any atom is 0.220 e. The fraction of sp³-hybridized carbons (Fsp3) is 0.667. The number of aromatic nitrogens is 2. The SMILES string of the molecule is CCn1cc([C@@H]2NC(=O)CC[C@H]2NC(C)CCC=C(C)C)cn1. The summed E-state index contributed by atoms with van der Waals surface area (Å²) in [6.07, 6.45) is 9.87. The Kier molecular flexibility index (Phi) is 6.39. The van der Waals surface area contributed by atoms with Crippen LogP contribution in [-0.2, 0) is 11.3 Å². The van der Waals surface area contributed by atoms with Gasteiger partial charge in [-0.25, -0.2) is 0 Å². The standard InChI is InChI=1S/C18H30N4O/c1-5-22-12-15(11-19-22)18-16(9-10-17(23)21-18)20-14(4)8-6-7-13(2)3/h7,11-12,14,16,18,20H,5-6,8-10H2,1-4H3,(H,21,23)/t14?,16-,18+/m1/s1. The molecule has 0 radical (unpaired) electrons. The fourth-order valence-electron chi connectivity index (χ4n) is 3.08. The number of aryl methyl sites for hydroxylation is 1. The van der Waals surface area contributed by atoms with E-state index in [4.69, 9.17) is 0 Å². The molecule has 5 heteroatoms. The highest BCUT2D eigenvalue weighted by molar-refractivity contribution is 5.77. The van der Waals surface area contributed by atoms with E-state index in [1.165, 1.54) is 5.57 Å². The van der Waals surface area contributed by atoms with Crippen LogP contribution >= 0.6 is 0 Å². The zero-order valence-corrected chi connectivity index (χ0v) is 14.8. The molecule has 2 rings (SSSR count). The normalized spacial score (nSPS) is 22.5. The molecule has 2 N–H and O–H groups in total. The molecule has 23 heavy (non-hydrogen) atoms. The zero-order valence-electron chi connectivity index (χ0n) is 14.8. The number of nitrogens with one attached hydrogen (secondary N) is 2. The van der Waals surface area contributed by atoms with Crippen LogP contribution < -0.4 is 10.6 Å². The second kappa shape index (κ2) is 8.29. The Labute approximate surface area is 139 Å². The minimum atomic E-state index is 0.0162. The van der Waals surface area contributed by atoms with Crippen molar-refractivity contribution in [2.75, 3.05) is 0 Å². The van der Waals surface area contributed by atoms with E-state index in [2.05, 4.69) is 49.5 Å². The van der Waals surface area contributed by atoms with E-state index >= 15 is 0 Å². The van der Waals surface area contributed by atoms with Gasteiger partial charge in [-0.05, 0) is 47.0 Å². The van der Waals surface area contributed by atoms with Gasteiger partial charge in [0.05, 0.1) is 12.2 Å². The van der Waals surface area contributed by atoms with Crippen LogP contribution in [0.1, 0.15) is 65.0 Å². The molecule has 1 amide bonds. The molecular weight excluding hydrogens is 288 g/mol. The molecule has 1 aromatic heterocycles. The van der Waals surface area contributed by atoms with E-state index in [-0.39, 0.29) is 18.0 Å². The maximum absolute atomic E-state index is 11.8. The predicted molar refractivity (Wildman–Crippen MR) is 93.1 cm³/mol. The average molecular weight is 318 g/mol. The third kappa shape index (κ3) is 5.20. The number of piperidine rings is 1. The summed E-state index contributed by atoms with van der Waals surface area (Å²) in [5.74, 6) is 0.134. The van der Waals surface area contributed by atoms with Crippen LogP contribution in [0, 0.1) is 0 Å². The zero-order chi connectivity index (χ0) is 16.8. The third-order valence-electron chi connectivity index (χ3n) is 4.39. The van der Waals surface area contributed by atoms with Gasteiger partial charge in [-0.1, -0.05) is 11.6 Å². The van der Waals surface area contributed by atoms with Gasteiger partial charge in [0.2, 0.25) is 5.91 Å². The van der Waals surface area contributed by atoms with Gasteiger partial charge in [-0.3, -0.25) is 9.48 Å². The Morgan fingerprint density at radius 1 is 1.57 bits per heavy atom. The number of carbonyl (C=O) groups excluding carboxylic acids is 1. The molecule has 1 fully saturated rings. The Morgan fingerprint density at radius 2 is 2.35 bits per heavy atom.